The number of esters is 2. The fourth-order valence-electron chi connectivity index (χ4n) is 5.87. The van der Waals surface area contributed by atoms with Gasteiger partial charge in [0.15, 0.2) is 6.10 Å². The van der Waals surface area contributed by atoms with E-state index in [1.807, 2.05) is 21.1 Å². The van der Waals surface area contributed by atoms with Crippen LogP contribution >= 0.6 is 7.82 Å². The molecule has 1 unspecified atom stereocenters. The summed E-state index contributed by atoms with van der Waals surface area (Å²) in [4.78, 5) is 37.4. The second kappa shape index (κ2) is 35.5. The number of nitrogens with zero attached hydrogens (tertiary/aromatic N) is 1. The smallest absolute Gasteiger partial charge is 0.306 e. The van der Waals surface area contributed by atoms with Crippen molar-refractivity contribution < 1.29 is 42.1 Å². The molecule has 0 aliphatic carbocycles. The Balaban J connectivity index is 4.35. The van der Waals surface area contributed by atoms with Gasteiger partial charge in [-0.05, 0) is 32.1 Å². The van der Waals surface area contributed by atoms with Crippen LogP contribution in [0.25, 0.3) is 0 Å². The number of rotatable bonds is 39. The highest BCUT2D eigenvalue weighted by atomic mass is 31.2. The molecule has 0 radical (unpaired) electrons. The molecule has 52 heavy (non-hydrogen) atoms. The van der Waals surface area contributed by atoms with Crippen molar-refractivity contribution in [1.82, 2.24) is 0 Å². The van der Waals surface area contributed by atoms with Crippen molar-refractivity contribution in [3.63, 3.8) is 0 Å². The maximum absolute atomic E-state index is 12.6. The molecule has 0 N–H and O–H groups in total. The lowest BCUT2D eigenvalue weighted by molar-refractivity contribution is -0.870. The van der Waals surface area contributed by atoms with Crippen LogP contribution in [-0.2, 0) is 32.7 Å². The minimum absolute atomic E-state index is 0.0281. The van der Waals surface area contributed by atoms with E-state index < -0.39 is 26.5 Å². The minimum Gasteiger partial charge on any atom is -0.756 e. The molecule has 0 aliphatic heterocycles. The van der Waals surface area contributed by atoms with Crippen LogP contribution in [0.4, 0.5) is 0 Å². The first kappa shape index (κ1) is 50.8. The molecule has 2 atom stereocenters. The predicted octanol–water partition coefficient (Wildman–Crippen LogP) is 11.2. The predicted molar refractivity (Wildman–Crippen MR) is 213 cm³/mol. The van der Waals surface area contributed by atoms with Crippen molar-refractivity contribution in [2.75, 3.05) is 47.5 Å². The molecule has 0 amide bonds. The number of quaternary nitrogens is 1. The van der Waals surface area contributed by atoms with Gasteiger partial charge in [0.05, 0.1) is 27.7 Å². The molecule has 0 aliphatic rings. The van der Waals surface area contributed by atoms with Gasteiger partial charge in [0.1, 0.15) is 19.8 Å². The van der Waals surface area contributed by atoms with E-state index in [2.05, 4.69) is 26.0 Å². The van der Waals surface area contributed by atoms with Crippen molar-refractivity contribution in [2.24, 2.45) is 0 Å². The number of phosphoric acid groups is 1. The fraction of sp³-hybridized carbons (Fsp3) is 0.905. The van der Waals surface area contributed by atoms with Crippen LogP contribution in [0.15, 0.2) is 12.2 Å². The quantitative estimate of drug-likeness (QED) is 0.0200. The summed E-state index contributed by atoms with van der Waals surface area (Å²) in [6.45, 7) is 4.21. The van der Waals surface area contributed by atoms with Crippen LogP contribution in [0, 0.1) is 0 Å². The molecule has 0 fully saturated rings. The highest BCUT2D eigenvalue weighted by Crippen LogP contribution is 2.38. The van der Waals surface area contributed by atoms with Gasteiger partial charge >= 0.3 is 11.9 Å². The Hall–Kier alpha value is -1.25. The largest absolute Gasteiger partial charge is 0.756 e. The molecule has 308 valence electrons. The lowest BCUT2D eigenvalue weighted by Crippen LogP contribution is -2.37. The first-order valence-electron chi connectivity index (χ1n) is 21.4. The van der Waals surface area contributed by atoms with Crippen molar-refractivity contribution in [1.29, 1.82) is 0 Å². The lowest BCUT2D eigenvalue weighted by Gasteiger charge is -2.28. The molecule has 0 spiro atoms. The summed E-state index contributed by atoms with van der Waals surface area (Å²) in [5.74, 6) is -0.829. The molecule has 0 bridgehead atoms. The Morgan fingerprint density at radius 1 is 0.577 bits per heavy atom. The van der Waals surface area contributed by atoms with Gasteiger partial charge < -0.3 is 27.9 Å². The van der Waals surface area contributed by atoms with E-state index in [0.29, 0.717) is 17.4 Å². The zero-order chi connectivity index (χ0) is 38.6. The van der Waals surface area contributed by atoms with Gasteiger partial charge in [-0.25, -0.2) is 0 Å². The Labute approximate surface area is 320 Å². The van der Waals surface area contributed by atoms with Crippen molar-refractivity contribution in [3.8, 4) is 0 Å². The third kappa shape index (κ3) is 38.5. The number of likely N-dealkylation sites (N-methyl/N-ethyl adjacent to an activating group) is 1. The van der Waals surface area contributed by atoms with E-state index in [0.717, 1.165) is 38.5 Å². The molecule has 0 aromatic rings. The second-order valence-electron chi connectivity index (χ2n) is 15.7. The molecule has 0 saturated carbocycles. The topological polar surface area (TPSA) is 111 Å². The van der Waals surface area contributed by atoms with Gasteiger partial charge in [0.25, 0.3) is 7.82 Å². The number of allylic oxidation sites excluding steroid dienone is 2. The van der Waals surface area contributed by atoms with Crippen molar-refractivity contribution >= 4 is 19.8 Å². The van der Waals surface area contributed by atoms with Crippen LogP contribution in [0.3, 0.4) is 0 Å². The van der Waals surface area contributed by atoms with Gasteiger partial charge in [-0.2, -0.15) is 0 Å². The van der Waals surface area contributed by atoms with Gasteiger partial charge in [0, 0.05) is 12.8 Å². The summed E-state index contributed by atoms with van der Waals surface area (Å²) in [5.41, 5.74) is 0. The molecule has 0 saturated heterocycles. The summed E-state index contributed by atoms with van der Waals surface area (Å²) in [6, 6.07) is 0. The van der Waals surface area contributed by atoms with E-state index in [-0.39, 0.29) is 32.0 Å². The molecule has 0 aromatic carbocycles. The summed E-state index contributed by atoms with van der Waals surface area (Å²) in [5, 5.41) is 0. The molecule has 10 heteroatoms. The van der Waals surface area contributed by atoms with E-state index in [1.165, 1.54) is 122 Å². The first-order chi connectivity index (χ1) is 25.0. The van der Waals surface area contributed by atoms with Crippen LogP contribution in [0.2, 0.25) is 0 Å². The van der Waals surface area contributed by atoms with Gasteiger partial charge in [-0.1, -0.05) is 161 Å². The van der Waals surface area contributed by atoms with Gasteiger partial charge in [-0.15, -0.1) is 0 Å². The number of carbonyl (C=O) groups excluding carboxylic acids is 2. The summed E-state index contributed by atoms with van der Waals surface area (Å²) in [6.07, 6.45) is 35.1. The van der Waals surface area contributed by atoms with Crippen LogP contribution in [0.1, 0.15) is 194 Å². The van der Waals surface area contributed by atoms with Crippen LogP contribution < -0.4 is 4.89 Å². The average Bonchev–Trinajstić information content (AvgIpc) is 3.09. The van der Waals surface area contributed by atoms with E-state index in [9.17, 15) is 19.0 Å². The maximum atomic E-state index is 12.6. The second-order valence-corrected chi connectivity index (χ2v) is 17.1. The molecule has 0 heterocycles. The zero-order valence-electron chi connectivity index (χ0n) is 34.5. The summed E-state index contributed by atoms with van der Waals surface area (Å²) >= 11 is 0. The molecule has 0 aromatic heterocycles. The number of ether oxygens (including phenoxy) is 2. The molecule has 9 nitrogen and oxygen atoms in total. The van der Waals surface area contributed by atoms with Crippen molar-refractivity contribution in [3.05, 3.63) is 12.2 Å². The zero-order valence-corrected chi connectivity index (χ0v) is 35.4. The van der Waals surface area contributed by atoms with Gasteiger partial charge in [0.2, 0.25) is 0 Å². The normalized spacial score (nSPS) is 13.7. The number of carbonyl (C=O) groups is 2. The summed E-state index contributed by atoms with van der Waals surface area (Å²) in [7, 11) is 1.17. The van der Waals surface area contributed by atoms with E-state index in [1.54, 1.807) is 0 Å². The number of unbranched alkanes of at least 4 members (excludes halogenated alkanes) is 23. The Bertz CT molecular complexity index is 907. The van der Waals surface area contributed by atoms with Gasteiger partial charge in [-0.3, -0.25) is 14.2 Å². The first-order valence-corrected chi connectivity index (χ1v) is 22.9. The number of phosphoric ester groups is 1. The third-order valence-electron chi connectivity index (χ3n) is 9.29. The monoisotopic (exact) mass is 760 g/mol. The molecule has 0 rings (SSSR count). The van der Waals surface area contributed by atoms with Crippen molar-refractivity contribution in [2.45, 2.75) is 200 Å². The number of hydrogen-bond donors (Lipinski definition) is 0. The molecular weight excluding hydrogens is 677 g/mol. The van der Waals surface area contributed by atoms with Crippen LogP contribution in [0.5, 0.6) is 0 Å². The maximum Gasteiger partial charge on any atom is 0.306 e. The Morgan fingerprint density at radius 3 is 1.48 bits per heavy atom. The standard InChI is InChI=1S/C42H82NO8P/c1-6-8-10-12-14-16-18-20-21-23-25-27-29-31-33-35-42(45)51-40(39-50-52(46,47)49-37-36-43(3,4)5)38-48-41(44)34-32-30-28-26-24-22-19-17-15-13-11-9-7-2/h12,14,40H,6-11,13,15-39H2,1-5H3/b14-12+/t40-/m1/s1. The van der Waals surface area contributed by atoms with Crippen LogP contribution in [-0.4, -0.2) is 70.0 Å². The number of hydrogen-bond acceptors (Lipinski definition) is 8. The molecular formula is C42H82NO8P. The SMILES string of the molecule is CCCC/C=C/CCCCCCCCCCCC(=O)O[C@H](COC(=O)CCCCCCCCCCCCCCC)COP(=O)([O-])OCC[N+](C)(C)C. The lowest BCUT2D eigenvalue weighted by atomic mass is 10.0. The average molecular weight is 760 g/mol. The van der Waals surface area contributed by atoms with E-state index in [4.69, 9.17) is 18.5 Å². The Morgan fingerprint density at radius 2 is 1.00 bits per heavy atom. The fourth-order valence-corrected chi connectivity index (χ4v) is 6.60. The third-order valence-corrected chi connectivity index (χ3v) is 10.2. The highest BCUT2D eigenvalue weighted by Gasteiger charge is 2.21. The highest BCUT2D eigenvalue weighted by molar-refractivity contribution is 7.45. The summed E-state index contributed by atoms with van der Waals surface area (Å²) < 4.78 is 33.9. The Kier molecular flexibility index (Phi) is 34.6. The minimum atomic E-state index is -4.62. The van der Waals surface area contributed by atoms with E-state index >= 15 is 0 Å².